The van der Waals surface area contributed by atoms with Gasteiger partial charge in [-0.1, -0.05) is 36.4 Å². The van der Waals surface area contributed by atoms with Gasteiger partial charge in [-0.15, -0.1) is 0 Å². The van der Waals surface area contributed by atoms with Crippen molar-refractivity contribution in [2.75, 3.05) is 7.05 Å². The zero-order valence-corrected chi connectivity index (χ0v) is 13.2. The molecule has 3 heteroatoms. The van der Waals surface area contributed by atoms with Crippen molar-refractivity contribution in [1.82, 2.24) is 15.2 Å². The average Bonchev–Trinajstić information content (AvgIpc) is 2.50. The van der Waals surface area contributed by atoms with Gasteiger partial charge in [0, 0.05) is 31.9 Å². The van der Waals surface area contributed by atoms with Crippen LogP contribution in [0.5, 0.6) is 0 Å². The monoisotopic (exact) mass is 283 g/mol. The molecule has 0 bridgehead atoms. The molecule has 112 valence electrons. The standard InChI is InChI=1S/C18H25N3/c1-15(2)21(13-16-7-5-4-6-8-16)14-18-10-9-17(11-19-3)12-20-18/h4-10,12,15,19H,11,13-14H2,1-3H3. The molecule has 1 aromatic carbocycles. The molecule has 0 saturated carbocycles. The van der Waals surface area contributed by atoms with Crippen molar-refractivity contribution in [3.63, 3.8) is 0 Å². The fraction of sp³-hybridized carbons (Fsp3) is 0.389. The zero-order valence-electron chi connectivity index (χ0n) is 13.2. The van der Waals surface area contributed by atoms with Crippen LogP contribution < -0.4 is 5.32 Å². The minimum atomic E-state index is 0.490. The van der Waals surface area contributed by atoms with E-state index in [1.165, 1.54) is 11.1 Å². The number of pyridine rings is 1. The number of hydrogen-bond donors (Lipinski definition) is 1. The van der Waals surface area contributed by atoms with E-state index >= 15 is 0 Å². The van der Waals surface area contributed by atoms with Crippen molar-refractivity contribution in [2.45, 2.75) is 39.5 Å². The van der Waals surface area contributed by atoms with E-state index in [2.05, 4.69) is 71.5 Å². The molecule has 2 aromatic rings. The van der Waals surface area contributed by atoms with Crippen LogP contribution in [0.25, 0.3) is 0 Å². The van der Waals surface area contributed by atoms with Crippen LogP contribution >= 0.6 is 0 Å². The third-order valence-corrected chi connectivity index (χ3v) is 3.59. The molecule has 0 atom stereocenters. The lowest BCUT2D eigenvalue weighted by Crippen LogP contribution is -2.30. The van der Waals surface area contributed by atoms with Gasteiger partial charge in [0.2, 0.25) is 0 Å². The van der Waals surface area contributed by atoms with Crippen LogP contribution in [-0.4, -0.2) is 23.0 Å². The lowest BCUT2D eigenvalue weighted by atomic mass is 10.1. The van der Waals surface area contributed by atoms with Gasteiger partial charge in [-0.05, 0) is 38.1 Å². The lowest BCUT2D eigenvalue weighted by Gasteiger charge is -2.26. The Bertz CT molecular complexity index is 520. The maximum atomic E-state index is 4.58. The van der Waals surface area contributed by atoms with Gasteiger partial charge >= 0.3 is 0 Å². The van der Waals surface area contributed by atoms with Crippen molar-refractivity contribution in [2.24, 2.45) is 0 Å². The molecule has 0 radical (unpaired) electrons. The normalized spacial score (nSPS) is 11.3. The second-order valence-corrected chi connectivity index (χ2v) is 5.67. The lowest BCUT2D eigenvalue weighted by molar-refractivity contribution is 0.201. The number of nitrogens with zero attached hydrogens (tertiary/aromatic N) is 2. The van der Waals surface area contributed by atoms with E-state index in [9.17, 15) is 0 Å². The largest absolute Gasteiger partial charge is 0.316 e. The Balaban J connectivity index is 2.02. The molecule has 1 heterocycles. The van der Waals surface area contributed by atoms with E-state index in [1.807, 2.05) is 13.2 Å². The third kappa shape index (κ3) is 4.96. The molecule has 2 rings (SSSR count). The van der Waals surface area contributed by atoms with Crippen LogP contribution in [0, 0.1) is 0 Å². The molecule has 3 nitrogen and oxygen atoms in total. The fourth-order valence-corrected chi connectivity index (χ4v) is 2.30. The van der Waals surface area contributed by atoms with Gasteiger partial charge in [-0.3, -0.25) is 9.88 Å². The molecule has 0 aliphatic rings. The van der Waals surface area contributed by atoms with Crippen LogP contribution in [0.2, 0.25) is 0 Å². The van der Waals surface area contributed by atoms with E-state index < -0.39 is 0 Å². The molecule has 0 unspecified atom stereocenters. The first-order valence-corrected chi connectivity index (χ1v) is 7.55. The maximum absolute atomic E-state index is 4.58. The van der Waals surface area contributed by atoms with Crippen molar-refractivity contribution in [3.8, 4) is 0 Å². The van der Waals surface area contributed by atoms with Gasteiger partial charge in [-0.25, -0.2) is 0 Å². The van der Waals surface area contributed by atoms with Crippen molar-refractivity contribution >= 4 is 0 Å². The summed E-state index contributed by atoms with van der Waals surface area (Å²) in [5.41, 5.74) is 3.69. The highest BCUT2D eigenvalue weighted by Crippen LogP contribution is 2.12. The summed E-state index contributed by atoms with van der Waals surface area (Å²) < 4.78 is 0. The van der Waals surface area contributed by atoms with Gasteiger partial charge < -0.3 is 5.32 Å². The van der Waals surface area contributed by atoms with Crippen LogP contribution in [0.3, 0.4) is 0 Å². The average molecular weight is 283 g/mol. The highest BCUT2D eigenvalue weighted by molar-refractivity contribution is 5.16. The van der Waals surface area contributed by atoms with E-state index in [4.69, 9.17) is 0 Å². The molecule has 0 aliphatic heterocycles. The summed E-state index contributed by atoms with van der Waals surface area (Å²) in [6.45, 7) is 7.17. The summed E-state index contributed by atoms with van der Waals surface area (Å²) >= 11 is 0. The summed E-state index contributed by atoms with van der Waals surface area (Å²) in [6, 6.07) is 15.4. The zero-order chi connectivity index (χ0) is 15.1. The quantitative estimate of drug-likeness (QED) is 0.845. The first-order chi connectivity index (χ1) is 10.2. The molecular weight excluding hydrogens is 258 g/mol. The molecule has 0 amide bonds. The minimum absolute atomic E-state index is 0.490. The number of nitrogens with one attached hydrogen (secondary N) is 1. The summed E-state index contributed by atoms with van der Waals surface area (Å²) in [7, 11) is 1.95. The van der Waals surface area contributed by atoms with Gasteiger partial charge in [0.1, 0.15) is 0 Å². The van der Waals surface area contributed by atoms with Gasteiger partial charge in [0.25, 0.3) is 0 Å². The Kier molecular flexibility index (Phi) is 5.90. The Labute approximate surface area is 128 Å². The molecule has 0 spiro atoms. The van der Waals surface area contributed by atoms with Crippen molar-refractivity contribution in [1.29, 1.82) is 0 Å². The minimum Gasteiger partial charge on any atom is -0.316 e. The number of hydrogen-bond acceptors (Lipinski definition) is 3. The first kappa shape index (κ1) is 15.7. The summed E-state index contributed by atoms with van der Waals surface area (Å²) in [5.74, 6) is 0. The summed E-state index contributed by atoms with van der Waals surface area (Å²) in [6.07, 6.45) is 1.97. The van der Waals surface area contributed by atoms with Gasteiger partial charge in [-0.2, -0.15) is 0 Å². The molecule has 1 aromatic heterocycles. The summed E-state index contributed by atoms with van der Waals surface area (Å²) in [4.78, 5) is 7.02. The molecule has 0 aliphatic carbocycles. The second kappa shape index (κ2) is 7.91. The predicted octanol–water partition coefficient (Wildman–Crippen LogP) is 3.21. The van der Waals surface area contributed by atoms with Gasteiger partial charge in [0.05, 0.1) is 5.69 Å². The van der Waals surface area contributed by atoms with Crippen LogP contribution in [0.4, 0.5) is 0 Å². The van der Waals surface area contributed by atoms with Gasteiger partial charge in [0.15, 0.2) is 0 Å². The maximum Gasteiger partial charge on any atom is 0.0544 e. The fourth-order valence-electron chi connectivity index (χ4n) is 2.30. The van der Waals surface area contributed by atoms with E-state index in [-0.39, 0.29) is 0 Å². The van der Waals surface area contributed by atoms with Crippen LogP contribution in [0.15, 0.2) is 48.7 Å². The van der Waals surface area contributed by atoms with Crippen molar-refractivity contribution < 1.29 is 0 Å². The van der Waals surface area contributed by atoms with E-state index in [1.54, 1.807) is 0 Å². The number of rotatable bonds is 7. The van der Waals surface area contributed by atoms with Crippen LogP contribution in [0.1, 0.15) is 30.7 Å². The highest BCUT2D eigenvalue weighted by Gasteiger charge is 2.11. The van der Waals surface area contributed by atoms with E-state index in [0.717, 1.165) is 25.3 Å². The number of aromatic nitrogens is 1. The number of benzene rings is 1. The topological polar surface area (TPSA) is 28.2 Å². The third-order valence-electron chi connectivity index (χ3n) is 3.59. The highest BCUT2D eigenvalue weighted by atomic mass is 15.1. The Morgan fingerprint density at radius 2 is 1.76 bits per heavy atom. The molecule has 1 N–H and O–H groups in total. The molecule has 21 heavy (non-hydrogen) atoms. The molecular formula is C18H25N3. The first-order valence-electron chi connectivity index (χ1n) is 7.55. The van der Waals surface area contributed by atoms with E-state index in [0.29, 0.717) is 6.04 Å². The SMILES string of the molecule is CNCc1ccc(CN(Cc2ccccc2)C(C)C)nc1. The molecule has 0 saturated heterocycles. The Morgan fingerprint density at radius 3 is 2.33 bits per heavy atom. The smallest absolute Gasteiger partial charge is 0.0544 e. The van der Waals surface area contributed by atoms with Crippen LogP contribution in [-0.2, 0) is 19.6 Å². The summed E-state index contributed by atoms with van der Waals surface area (Å²) in [5, 5.41) is 3.14. The Hall–Kier alpha value is -1.71. The predicted molar refractivity (Wildman–Crippen MR) is 87.8 cm³/mol. The second-order valence-electron chi connectivity index (χ2n) is 5.67. The van der Waals surface area contributed by atoms with Crippen molar-refractivity contribution in [3.05, 3.63) is 65.5 Å². The molecule has 0 fully saturated rings. The Morgan fingerprint density at radius 1 is 1.00 bits per heavy atom.